The molecule has 0 saturated carbocycles. The predicted molar refractivity (Wildman–Crippen MR) is 150 cm³/mol. The normalized spacial score (nSPS) is 23.6. The first-order valence-corrected chi connectivity index (χ1v) is 14.6. The van der Waals surface area contributed by atoms with Gasteiger partial charge in [0, 0.05) is 42.3 Å². The molecule has 1 saturated heterocycles. The van der Waals surface area contributed by atoms with Gasteiger partial charge in [-0.1, -0.05) is 23.9 Å². The molecule has 2 aromatic carbocycles. The lowest BCUT2D eigenvalue weighted by atomic mass is 9.94. The van der Waals surface area contributed by atoms with Crippen LogP contribution in [0, 0.1) is 0 Å². The number of anilines is 2. The Morgan fingerprint density at radius 2 is 2.00 bits per heavy atom. The number of ether oxygens (including phenoxy) is 2. The van der Waals surface area contributed by atoms with Crippen molar-refractivity contribution in [2.24, 2.45) is 0 Å². The van der Waals surface area contributed by atoms with E-state index in [-0.39, 0.29) is 23.1 Å². The lowest BCUT2D eigenvalue weighted by Crippen LogP contribution is -2.56. The molecule has 2 N–H and O–H groups in total. The first-order valence-electron chi connectivity index (χ1n) is 13.7. The number of hydrogen-bond acceptors (Lipinski definition) is 9. The van der Waals surface area contributed by atoms with Crippen molar-refractivity contribution in [2.75, 3.05) is 31.7 Å². The molecule has 0 aliphatic carbocycles. The number of morpholine rings is 1. The maximum absolute atomic E-state index is 13.3. The minimum absolute atomic E-state index is 0.209. The number of carbonyl (C=O) groups excluding carboxylic acids is 2. The molecule has 2 aromatic rings. The van der Waals surface area contributed by atoms with Crippen molar-refractivity contribution in [2.45, 2.75) is 56.4 Å². The number of halogens is 3. The van der Waals surface area contributed by atoms with Gasteiger partial charge in [0.1, 0.15) is 5.75 Å². The van der Waals surface area contributed by atoms with Crippen molar-refractivity contribution in [3.05, 3.63) is 64.2 Å². The Morgan fingerprint density at radius 3 is 2.81 bits per heavy atom. The van der Waals surface area contributed by atoms with E-state index < -0.39 is 29.1 Å². The van der Waals surface area contributed by atoms with Gasteiger partial charge < -0.3 is 24.9 Å². The molecule has 4 heterocycles. The molecule has 2 atom stereocenters. The van der Waals surface area contributed by atoms with Crippen molar-refractivity contribution < 1.29 is 37.1 Å². The molecule has 0 spiro atoms. The largest absolute Gasteiger partial charge is 0.493 e. The second kappa shape index (κ2) is 11.0. The minimum atomic E-state index is -5.19. The number of hydrogen-bond donors (Lipinski definition) is 2. The maximum atomic E-state index is 13.3. The number of amides is 1. The van der Waals surface area contributed by atoms with Crippen LogP contribution in [-0.2, 0) is 32.0 Å². The SMILES string of the molecule is CC1(C)CC2=C(SC(N3CCOCC3Cc3cccc(Nc4ccc5c(c4)CCO5)c3)N2OC(=O)C(F)(F)F)C(=O)N1. The highest BCUT2D eigenvalue weighted by Gasteiger charge is 2.51. The average molecular weight is 605 g/mol. The van der Waals surface area contributed by atoms with E-state index in [1.165, 1.54) is 0 Å². The lowest BCUT2D eigenvalue weighted by Gasteiger charge is -2.42. The van der Waals surface area contributed by atoms with Crippen LogP contribution >= 0.6 is 11.8 Å². The number of fused-ring (bicyclic) bond motifs is 1. The van der Waals surface area contributed by atoms with E-state index in [1.54, 1.807) is 13.8 Å². The summed E-state index contributed by atoms with van der Waals surface area (Å²) in [4.78, 5) is 32.1. The average Bonchev–Trinajstić information content (AvgIpc) is 3.53. The molecule has 2 unspecified atom stereocenters. The Bertz CT molecular complexity index is 1430. The highest BCUT2D eigenvalue weighted by Crippen LogP contribution is 2.46. The van der Waals surface area contributed by atoms with Gasteiger partial charge >= 0.3 is 12.1 Å². The van der Waals surface area contributed by atoms with Gasteiger partial charge in [-0.05, 0) is 61.7 Å². The zero-order chi connectivity index (χ0) is 29.6. The van der Waals surface area contributed by atoms with Crippen molar-refractivity contribution in [3.63, 3.8) is 0 Å². The van der Waals surface area contributed by atoms with E-state index in [4.69, 9.17) is 14.3 Å². The number of nitrogens with one attached hydrogen (secondary N) is 2. The first kappa shape index (κ1) is 28.7. The van der Waals surface area contributed by atoms with Crippen LogP contribution in [0.15, 0.2) is 53.1 Å². The topological polar surface area (TPSA) is 92.4 Å². The Labute approximate surface area is 245 Å². The molecular weight excluding hydrogens is 573 g/mol. The zero-order valence-electron chi connectivity index (χ0n) is 23.1. The zero-order valence-corrected chi connectivity index (χ0v) is 23.9. The van der Waals surface area contributed by atoms with Crippen molar-refractivity contribution >= 4 is 35.0 Å². The Morgan fingerprint density at radius 1 is 1.19 bits per heavy atom. The van der Waals surface area contributed by atoms with Crippen LogP contribution in [0.2, 0.25) is 0 Å². The van der Waals surface area contributed by atoms with Gasteiger partial charge in [0.15, 0.2) is 5.50 Å². The molecule has 1 fully saturated rings. The molecule has 0 aromatic heterocycles. The molecule has 6 rings (SSSR count). The fourth-order valence-electron chi connectivity index (χ4n) is 5.68. The van der Waals surface area contributed by atoms with Gasteiger partial charge in [-0.3, -0.25) is 9.69 Å². The summed E-state index contributed by atoms with van der Waals surface area (Å²) in [7, 11) is 0. The van der Waals surface area contributed by atoms with Crippen LogP contribution in [0.1, 0.15) is 31.4 Å². The number of hydroxylamine groups is 2. The van der Waals surface area contributed by atoms with Crippen molar-refractivity contribution in [1.29, 1.82) is 0 Å². The van der Waals surface area contributed by atoms with Crippen LogP contribution < -0.4 is 15.4 Å². The molecule has 4 aliphatic rings. The van der Waals surface area contributed by atoms with Crippen molar-refractivity contribution in [3.8, 4) is 5.75 Å². The minimum Gasteiger partial charge on any atom is -0.493 e. The number of alkyl halides is 3. The summed E-state index contributed by atoms with van der Waals surface area (Å²) >= 11 is 1.10. The first-order chi connectivity index (χ1) is 20.0. The molecule has 42 heavy (non-hydrogen) atoms. The highest BCUT2D eigenvalue weighted by atomic mass is 32.2. The molecule has 224 valence electrons. The van der Waals surface area contributed by atoms with Crippen LogP contribution in [-0.4, -0.2) is 71.5 Å². The van der Waals surface area contributed by atoms with Crippen molar-refractivity contribution in [1.82, 2.24) is 15.3 Å². The molecule has 1 amide bonds. The van der Waals surface area contributed by atoms with E-state index in [2.05, 4.69) is 16.7 Å². The standard InChI is InChI=1S/C29H31F3N4O5S/c1-28(2)15-22-24(25(37)34-28)42-27(36(22)41-26(38)29(30,31)32)35-9-11-39-16-21(35)13-17-4-3-5-19(12-17)33-20-6-7-23-18(14-20)8-10-40-23/h3-7,12,14,21,27,33H,8-11,13,15-16H2,1-2H3,(H,34,37). The number of nitrogens with zero attached hydrogens (tertiary/aromatic N) is 2. The van der Waals surface area contributed by atoms with Crippen LogP contribution in [0.25, 0.3) is 0 Å². The number of carbonyl (C=O) groups is 2. The fraction of sp³-hybridized carbons (Fsp3) is 0.448. The molecule has 0 bridgehead atoms. The quantitative estimate of drug-likeness (QED) is 0.496. The smallest absolute Gasteiger partial charge is 0.493 e. The predicted octanol–water partition coefficient (Wildman–Crippen LogP) is 4.47. The van der Waals surface area contributed by atoms with Gasteiger partial charge in [-0.15, -0.1) is 0 Å². The summed E-state index contributed by atoms with van der Waals surface area (Å²) in [6, 6.07) is 13.7. The third kappa shape index (κ3) is 5.90. The molecule has 9 nitrogen and oxygen atoms in total. The molecule has 0 radical (unpaired) electrons. The van der Waals surface area contributed by atoms with Gasteiger partial charge in [0.05, 0.1) is 30.4 Å². The summed E-state index contributed by atoms with van der Waals surface area (Å²) < 4.78 is 51.3. The summed E-state index contributed by atoms with van der Waals surface area (Å²) in [5.41, 5.74) is 2.67. The van der Waals surface area contributed by atoms with E-state index in [0.717, 1.165) is 51.5 Å². The van der Waals surface area contributed by atoms with Gasteiger partial charge in [-0.25, -0.2) is 4.79 Å². The van der Waals surface area contributed by atoms with E-state index in [0.29, 0.717) is 32.8 Å². The van der Waals surface area contributed by atoms with E-state index in [9.17, 15) is 22.8 Å². The second-order valence-corrected chi connectivity index (χ2v) is 12.4. The number of benzene rings is 2. The Balaban J connectivity index is 1.23. The maximum Gasteiger partial charge on any atom is 0.493 e. The summed E-state index contributed by atoms with van der Waals surface area (Å²) in [6.07, 6.45) is -3.59. The van der Waals surface area contributed by atoms with Gasteiger partial charge in [0.2, 0.25) is 0 Å². The molecular formula is C29H31F3N4O5S. The Kier molecular flexibility index (Phi) is 7.52. The Hall–Kier alpha value is -3.42. The summed E-state index contributed by atoms with van der Waals surface area (Å²) in [6.45, 7) is 5.27. The highest BCUT2D eigenvalue weighted by molar-refractivity contribution is 8.04. The van der Waals surface area contributed by atoms with Crippen LogP contribution in [0.4, 0.5) is 24.5 Å². The lowest BCUT2D eigenvalue weighted by molar-refractivity contribution is -0.243. The van der Waals surface area contributed by atoms with E-state index >= 15 is 0 Å². The van der Waals surface area contributed by atoms with Crippen LogP contribution in [0.5, 0.6) is 5.75 Å². The summed E-state index contributed by atoms with van der Waals surface area (Å²) in [5.74, 6) is -1.82. The summed E-state index contributed by atoms with van der Waals surface area (Å²) in [5, 5.41) is 7.31. The van der Waals surface area contributed by atoms with Crippen LogP contribution in [0.3, 0.4) is 0 Å². The molecule has 13 heteroatoms. The number of rotatable bonds is 6. The third-order valence-electron chi connectivity index (χ3n) is 7.57. The van der Waals surface area contributed by atoms with Gasteiger partial charge in [-0.2, -0.15) is 18.2 Å². The fourth-order valence-corrected chi connectivity index (χ4v) is 7.03. The molecule has 4 aliphatic heterocycles. The van der Waals surface area contributed by atoms with E-state index in [1.807, 2.05) is 41.3 Å². The van der Waals surface area contributed by atoms with Gasteiger partial charge in [0.25, 0.3) is 5.91 Å². The monoisotopic (exact) mass is 604 g/mol. The second-order valence-electron chi connectivity index (χ2n) is 11.4. The number of thioether (sulfide) groups is 1. The third-order valence-corrected chi connectivity index (χ3v) is 8.90.